The predicted octanol–water partition coefficient (Wildman–Crippen LogP) is 3.49. The fourth-order valence-corrected chi connectivity index (χ4v) is 3.41. The number of ether oxygens (including phenoxy) is 1. The second-order valence-electron chi connectivity index (χ2n) is 6.74. The number of Topliss-reactive ketones (excluding diaryl/α,β-unsaturated/α-hetero) is 1. The summed E-state index contributed by atoms with van der Waals surface area (Å²) in [5.41, 5.74) is 1.81. The molecule has 2 rings (SSSR count). The topological polar surface area (TPSA) is 80.8 Å². The molecule has 0 saturated heterocycles. The molecular formula is C21H25NO5S. The van der Waals surface area contributed by atoms with Crippen LogP contribution in [0.15, 0.2) is 53.4 Å². The van der Waals surface area contributed by atoms with Crippen LogP contribution in [0.25, 0.3) is 0 Å². The SMILES string of the molecule is CC[C@@H](C)c1ccc(C(=O)COC(=O)c2ccc(S(=O)(=O)N(C)C)cc2)cc1. The van der Waals surface area contributed by atoms with Crippen molar-refractivity contribution in [1.29, 1.82) is 0 Å². The molecule has 0 N–H and O–H groups in total. The molecule has 0 aromatic heterocycles. The van der Waals surface area contributed by atoms with Crippen LogP contribution in [-0.2, 0) is 14.8 Å². The molecule has 0 aliphatic heterocycles. The largest absolute Gasteiger partial charge is 0.454 e. The first-order valence-corrected chi connectivity index (χ1v) is 10.4. The molecule has 0 unspecified atom stereocenters. The first-order valence-electron chi connectivity index (χ1n) is 8.99. The van der Waals surface area contributed by atoms with Gasteiger partial charge in [0.2, 0.25) is 10.0 Å². The zero-order chi connectivity index (χ0) is 20.9. The number of esters is 1. The normalized spacial score (nSPS) is 12.6. The molecule has 0 saturated carbocycles. The van der Waals surface area contributed by atoms with E-state index in [0.717, 1.165) is 16.3 Å². The van der Waals surface area contributed by atoms with Crippen molar-refractivity contribution in [2.45, 2.75) is 31.1 Å². The third kappa shape index (κ3) is 5.05. The van der Waals surface area contributed by atoms with Crippen LogP contribution in [-0.4, -0.2) is 45.2 Å². The molecule has 0 aliphatic rings. The van der Waals surface area contributed by atoms with Crippen molar-refractivity contribution in [3.05, 3.63) is 65.2 Å². The van der Waals surface area contributed by atoms with E-state index in [1.165, 1.54) is 38.4 Å². The molecule has 2 aromatic rings. The van der Waals surface area contributed by atoms with Gasteiger partial charge in [0.15, 0.2) is 12.4 Å². The first kappa shape index (κ1) is 21.8. The number of benzene rings is 2. The Bertz CT molecular complexity index is 932. The number of ketones is 1. The zero-order valence-corrected chi connectivity index (χ0v) is 17.3. The van der Waals surface area contributed by atoms with Crippen LogP contribution in [0.1, 0.15) is 52.5 Å². The maximum atomic E-state index is 12.2. The molecule has 150 valence electrons. The molecule has 0 radical (unpaired) electrons. The van der Waals surface area contributed by atoms with E-state index in [4.69, 9.17) is 4.74 Å². The first-order chi connectivity index (χ1) is 13.2. The Morgan fingerprint density at radius 3 is 2.00 bits per heavy atom. The Morgan fingerprint density at radius 1 is 0.964 bits per heavy atom. The van der Waals surface area contributed by atoms with E-state index >= 15 is 0 Å². The van der Waals surface area contributed by atoms with Crippen molar-refractivity contribution < 1.29 is 22.7 Å². The maximum absolute atomic E-state index is 12.2. The van der Waals surface area contributed by atoms with Crippen LogP contribution in [0.5, 0.6) is 0 Å². The van der Waals surface area contributed by atoms with E-state index in [1.807, 2.05) is 12.1 Å². The summed E-state index contributed by atoms with van der Waals surface area (Å²) in [7, 11) is -0.708. The molecule has 1 atom stereocenters. The molecule has 0 aliphatic carbocycles. The molecule has 0 heterocycles. The molecule has 28 heavy (non-hydrogen) atoms. The summed E-state index contributed by atoms with van der Waals surface area (Å²) in [5.74, 6) is -0.560. The summed E-state index contributed by atoms with van der Waals surface area (Å²) in [6.45, 7) is 3.85. The molecule has 0 spiro atoms. The number of hydrogen-bond donors (Lipinski definition) is 0. The van der Waals surface area contributed by atoms with Gasteiger partial charge in [0, 0.05) is 19.7 Å². The van der Waals surface area contributed by atoms with Crippen LogP contribution in [0.3, 0.4) is 0 Å². The molecule has 2 aromatic carbocycles. The lowest BCUT2D eigenvalue weighted by atomic mass is 9.97. The number of rotatable bonds is 8. The van der Waals surface area contributed by atoms with Gasteiger partial charge in [-0.15, -0.1) is 0 Å². The molecule has 7 heteroatoms. The van der Waals surface area contributed by atoms with Gasteiger partial charge >= 0.3 is 5.97 Å². The van der Waals surface area contributed by atoms with Gasteiger partial charge in [-0.05, 0) is 42.2 Å². The number of nitrogens with zero attached hydrogens (tertiary/aromatic N) is 1. The van der Waals surface area contributed by atoms with E-state index in [9.17, 15) is 18.0 Å². The van der Waals surface area contributed by atoms with E-state index in [2.05, 4.69) is 13.8 Å². The van der Waals surface area contributed by atoms with Gasteiger partial charge in [-0.3, -0.25) is 4.79 Å². The highest BCUT2D eigenvalue weighted by Gasteiger charge is 2.18. The van der Waals surface area contributed by atoms with Crippen molar-refractivity contribution in [2.24, 2.45) is 0 Å². The van der Waals surface area contributed by atoms with Crippen LogP contribution in [0, 0.1) is 0 Å². The fraction of sp³-hybridized carbons (Fsp3) is 0.333. The lowest BCUT2D eigenvalue weighted by Crippen LogP contribution is -2.22. The Morgan fingerprint density at radius 2 is 1.50 bits per heavy atom. The van der Waals surface area contributed by atoms with Gasteiger partial charge in [0.05, 0.1) is 10.5 Å². The minimum absolute atomic E-state index is 0.0755. The third-order valence-electron chi connectivity index (χ3n) is 4.62. The number of carbonyl (C=O) groups excluding carboxylic acids is 2. The van der Waals surface area contributed by atoms with Crippen molar-refractivity contribution in [1.82, 2.24) is 4.31 Å². The van der Waals surface area contributed by atoms with Gasteiger partial charge < -0.3 is 4.74 Å². The highest BCUT2D eigenvalue weighted by Crippen LogP contribution is 2.19. The Kier molecular flexibility index (Phi) is 7.10. The minimum Gasteiger partial charge on any atom is -0.454 e. The highest BCUT2D eigenvalue weighted by molar-refractivity contribution is 7.89. The smallest absolute Gasteiger partial charge is 0.338 e. The predicted molar refractivity (Wildman–Crippen MR) is 107 cm³/mol. The second-order valence-corrected chi connectivity index (χ2v) is 8.89. The van der Waals surface area contributed by atoms with E-state index in [0.29, 0.717) is 11.5 Å². The molecule has 0 amide bonds. The van der Waals surface area contributed by atoms with Crippen LogP contribution >= 0.6 is 0 Å². The van der Waals surface area contributed by atoms with Crippen molar-refractivity contribution >= 4 is 21.8 Å². The summed E-state index contributed by atoms with van der Waals surface area (Å²) in [4.78, 5) is 24.4. The lowest BCUT2D eigenvalue weighted by molar-refractivity contribution is 0.0474. The molecule has 0 bridgehead atoms. The van der Waals surface area contributed by atoms with Gasteiger partial charge in [-0.1, -0.05) is 38.1 Å². The van der Waals surface area contributed by atoms with Crippen molar-refractivity contribution in [3.63, 3.8) is 0 Å². The van der Waals surface area contributed by atoms with Crippen molar-refractivity contribution in [2.75, 3.05) is 20.7 Å². The summed E-state index contributed by atoms with van der Waals surface area (Å²) in [5, 5.41) is 0. The lowest BCUT2D eigenvalue weighted by Gasteiger charge is -2.11. The summed E-state index contributed by atoms with van der Waals surface area (Å²) in [6, 6.07) is 12.7. The summed E-state index contributed by atoms with van der Waals surface area (Å²) in [6.07, 6.45) is 1.01. The average molecular weight is 404 g/mol. The Balaban J connectivity index is 1.99. The quantitative estimate of drug-likeness (QED) is 0.498. The Labute approximate surface area is 166 Å². The van der Waals surface area contributed by atoms with Crippen LogP contribution < -0.4 is 0 Å². The highest BCUT2D eigenvalue weighted by atomic mass is 32.2. The molecule has 0 fully saturated rings. The third-order valence-corrected chi connectivity index (χ3v) is 6.45. The number of carbonyl (C=O) groups is 2. The van der Waals surface area contributed by atoms with Gasteiger partial charge in [0.1, 0.15) is 0 Å². The van der Waals surface area contributed by atoms with Crippen molar-refractivity contribution in [3.8, 4) is 0 Å². The molecular weight excluding hydrogens is 378 g/mol. The minimum atomic E-state index is -3.57. The fourth-order valence-electron chi connectivity index (χ4n) is 2.50. The maximum Gasteiger partial charge on any atom is 0.338 e. The summed E-state index contributed by atoms with van der Waals surface area (Å²) >= 11 is 0. The molecule has 6 nitrogen and oxygen atoms in total. The van der Waals surface area contributed by atoms with Gasteiger partial charge in [-0.2, -0.15) is 0 Å². The number of sulfonamides is 1. The van der Waals surface area contributed by atoms with Gasteiger partial charge in [-0.25, -0.2) is 17.5 Å². The number of hydrogen-bond acceptors (Lipinski definition) is 5. The standard InChI is InChI=1S/C21H25NO5S/c1-5-15(2)16-6-8-17(9-7-16)20(23)14-27-21(24)18-10-12-19(13-11-18)28(25,26)22(3)4/h6-13,15H,5,14H2,1-4H3/t15-/m1/s1. The van der Waals surface area contributed by atoms with Crippen LogP contribution in [0.4, 0.5) is 0 Å². The van der Waals surface area contributed by atoms with E-state index in [1.54, 1.807) is 12.1 Å². The van der Waals surface area contributed by atoms with Crippen LogP contribution in [0.2, 0.25) is 0 Å². The monoisotopic (exact) mass is 403 g/mol. The second kappa shape index (κ2) is 9.12. The Hall–Kier alpha value is -2.51. The van der Waals surface area contributed by atoms with E-state index in [-0.39, 0.29) is 22.8 Å². The van der Waals surface area contributed by atoms with Gasteiger partial charge in [0.25, 0.3) is 0 Å². The van der Waals surface area contributed by atoms with E-state index < -0.39 is 16.0 Å². The summed E-state index contributed by atoms with van der Waals surface area (Å²) < 4.78 is 30.2. The average Bonchev–Trinajstić information content (AvgIpc) is 2.71. The zero-order valence-electron chi connectivity index (χ0n) is 16.5.